The molecule has 0 radical (unpaired) electrons. The monoisotopic (exact) mass is 266 g/mol. The van der Waals surface area contributed by atoms with E-state index >= 15 is 0 Å². The summed E-state index contributed by atoms with van der Waals surface area (Å²) in [5.74, 6) is -0.460. The van der Waals surface area contributed by atoms with E-state index in [-0.39, 0.29) is 19.6 Å². The van der Waals surface area contributed by atoms with Crippen molar-refractivity contribution in [3.63, 3.8) is 0 Å². The number of hydrogen-bond donors (Lipinski definition) is 2. The number of amides is 1. The minimum Gasteiger partial charge on any atom is -0.466 e. The van der Waals surface area contributed by atoms with Gasteiger partial charge in [0.2, 0.25) is 0 Å². The normalized spacial score (nSPS) is 11.5. The van der Waals surface area contributed by atoms with Crippen LogP contribution in [0.1, 0.15) is 18.9 Å². The van der Waals surface area contributed by atoms with Gasteiger partial charge in [0.15, 0.2) is 0 Å². The third-order valence-corrected chi connectivity index (χ3v) is 2.21. The van der Waals surface area contributed by atoms with E-state index in [1.54, 1.807) is 6.92 Å². The third-order valence-electron chi connectivity index (χ3n) is 2.21. The lowest BCUT2D eigenvalue weighted by molar-refractivity contribution is -0.143. The highest BCUT2D eigenvalue weighted by Gasteiger charge is 2.13. The maximum absolute atomic E-state index is 11.4. The fourth-order valence-corrected chi connectivity index (χ4v) is 1.37. The van der Waals surface area contributed by atoms with Crippen LogP contribution in [0.3, 0.4) is 0 Å². The Kier molecular flexibility index (Phi) is 6.38. The van der Waals surface area contributed by atoms with Crippen LogP contribution >= 0.6 is 0 Å². The highest BCUT2D eigenvalue weighted by molar-refractivity contribution is 5.72. The number of alkyl carbamates (subject to hydrolysis) is 1. The highest BCUT2D eigenvalue weighted by atomic mass is 16.5. The Labute approximate surface area is 111 Å². The van der Waals surface area contributed by atoms with E-state index in [1.807, 2.05) is 30.3 Å². The van der Waals surface area contributed by atoms with Crippen molar-refractivity contribution in [2.45, 2.75) is 26.1 Å². The summed E-state index contributed by atoms with van der Waals surface area (Å²) in [6.45, 7) is 2.13. The fraction of sp³-hybridized carbons (Fsp3) is 0.385. The Balaban J connectivity index is 2.25. The zero-order valence-corrected chi connectivity index (χ0v) is 10.8. The molecule has 0 heterocycles. The number of nitrogens with one attached hydrogen (secondary N) is 1. The van der Waals surface area contributed by atoms with Crippen LogP contribution in [0.25, 0.3) is 0 Å². The van der Waals surface area contributed by atoms with Crippen molar-refractivity contribution >= 4 is 12.1 Å². The highest BCUT2D eigenvalue weighted by Crippen LogP contribution is 2.00. The zero-order valence-electron chi connectivity index (χ0n) is 10.8. The first kappa shape index (κ1) is 15.0. The van der Waals surface area contributed by atoms with Crippen molar-refractivity contribution in [3.8, 4) is 0 Å². The van der Waals surface area contributed by atoms with Crippen LogP contribution in [-0.2, 0) is 20.9 Å². The van der Waals surface area contributed by atoms with Crippen LogP contribution in [0.4, 0.5) is 4.79 Å². The Morgan fingerprint density at radius 3 is 2.58 bits per heavy atom. The van der Waals surface area contributed by atoms with E-state index in [4.69, 9.17) is 15.2 Å². The second kappa shape index (κ2) is 8.10. The minimum absolute atomic E-state index is 0.0890. The summed E-state index contributed by atoms with van der Waals surface area (Å²) in [4.78, 5) is 22.5. The maximum atomic E-state index is 11.4. The molecule has 1 rings (SSSR count). The molecule has 1 aromatic rings. The molecule has 104 valence electrons. The molecule has 0 aromatic heterocycles. The summed E-state index contributed by atoms with van der Waals surface area (Å²) in [7, 11) is 0. The zero-order chi connectivity index (χ0) is 14.1. The molecule has 0 aliphatic rings. The lowest BCUT2D eigenvalue weighted by Crippen LogP contribution is -2.43. The van der Waals surface area contributed by atoms with Gasteiger partial charge in [-0.25, -0.2) is 4.79 Å². The smallest absolute Gasteiger partial charge is 0.408 e. The van der Waals surface area contributed by atoms with E-state index in [2.05, 4.69) is 5.32 Å². The van der Waals surface area contributed by atoms with Crippen LogP contribution in [0.15, 0.2) is 30.3 Å². The summed E-state index contributed by atoms with van der Waals surface area (Å²) >= 11 is 0. The second-order valence-corrected chi connectivity index (χ2v) is 3.82. The molecule has 0 fully saturated rings. The number of esters is 1. The quantitative estimate of drug-likeness (QED) is 0.595. The average Bonchev–Trinajstić information content (AvgIpc) is 2.37. The van der Waals surface area contributed by atoms with Gasteiger partial charge < -0.3 is 20.5 Å². The predicted molar refractivity (Wildman–Crippen MR) is 69.0 cm³/mol. The Morgan fingerprint density at radius 1 is 1.26 bits per heavy atom. The van der Waals surface area contributed by atoms with E-state index in [9.17, 15) is 9.59 Å². The van der Waals surface area contributed by atoms with Gasteiger partial charge >= 0.3 is 12.1 Å². The Morgan fingerprint density at radius 2 is 1.95 bits per heavy atom. The van der Waals surface area contributed by atoms with Crippen molar-refractivity contribution in [3.05, 3.63) is 35.9 Å². The van der Waals surface area contributed by atoms with Gasteiger partial charge in [-0.15, -0.1) is 0 Å². The van der Waals surface area contributed by atoms with Gasteiger partial charge in [0.25, 0.3) is 0 Å². The van der Waals surface area contributed by atoms with Gasteiger partial charge in [0.1, 0.15) is 6.61 Å². The molecule has 1 atom stereocenters. The summed E-state index contributed by atoms with van der Waals surface area (Å²) in [5, 5.41) is 2.36. The number of hydrogen-bond acceptors (Lipinski definition) is 5. The van der Waals surface area contributed by atoms with E-state index < -0.39 is 18.2 Å². The van der Waals surface area contributed by atoms with Crippen LogP contribution in [0.5, 0.6) is 0 Å². The lowest BCUT2D eigenvalue weighted by Gasteiger charge is -2.13. The van der Waals surface area contributed by atoms with Crippen LogP contribution < -0.4 is 11.1 Å². The third kappa shape index (κ3) is 6.42. The molecule has 0 aliphatic heterocycles. The molecule has 3 N–H and O–H groups in total. The number of carbonyl (C=O) groups excluding carboxylic acids is 2. The van der Waals surface area contributed by atoms with Crippen molar-refractivity contribution in [2.75, 3.05) is 6.61 Å². The Bertz CT molecular complexity index is 408. The van der Waals surface area contributed by atoms with E-state index in [1.165, 1.54) is 0 Å². The van der Waals surface area contributed by atoms with Gasteiger partial charge in [0.05, 0.1) is 19.2 Å². The van der Waals surface area contributed by atoms with Crippen molar-refractivity contribution in [1.82, 2.24) is 5.32 Å². The van der Waals surface area contributed by atoms with Crippen LogP contribution in [0, 0.1) is 0 Å². The number of benzene rings is 1. The first-order valence-corrected chi connectivity index (χ1v) is 6.00. The number of ether oxygens (including phenoxy) is 2. The number of rotatable bonds is 6. The molecule has 1 aromatic carbocycles. The standard InChI is InChI=1S/C13H18N2O4/c1-2-18-12(16)8-11(14)15-13(17)19-9-10-6-4-3-5-7-10/h3-7,11H,2,8-9,14H2,1H3,(H,15,17). The molecule has 19 heavy (non-hydrogen) atoms. The van der Waals surface area contributed by atoms with Crippen molar-refractivity contribution in [2.24, 2.45) is 5.73 Å². The van der Waals surface area contributed by atoms with Gasteiger partial charge in [-0.3, -0.25) is 4.79 Å². The minimum atomic E-state index is -0.817. The molecule has 0 saturated heterocycles. The summed E-state index contributed by atoms with van der Waals surface area (Å²) in [6.07, 6.45) is -1.57. The molecule has 0 saturated carbocycles. The molecular formula is C13H18N2O4. The fourth-order valence-electron chi connectivity index (χ4n) is 1.37. The van der Waals surface area contributed by atoms with Gasteiger partial charge in [0, 0.05) is 0 Å². The molecule has 0 aliphatic carbocycles. The predicted octanol–water partition coefficient (Wildman–Crippen LogP) is 1.15. The first-order valence-electron chi connectivity index (χ1n) is 6.00. The number of carbonyl (C=O) groups is 2. The lowest BCUT2D eigenvalue weighted by atomic mass is 10.2. The van der Waals surface area contributed by atoms with Gasteiger partial charge in [-0.05, 0) is 12.5 Å². The van der Waals surface area contributed by atoms with Crippen molar-refractivity contribution < 1.29 is 19.1 Å². The average molecular weight is 266 g/mol. The molecule has 6 nitrogen and oxygen atoms in total. The largest absolute Gasteiger partial charge is 0.466 e. The molecular weight excluding hydrogens is 248 g/mol. The summed E-state index contributed by atoms with van der Waals surface area (Å²) < 4.78 is 9.67. The summed E-state index contributed by atoms with van der Waals surface area (Å²) in [5.41, 5.74) is 6.43. The second-order valence-electron chi connectivity index (χ2n) is 3.82. The summed E-state index contributed by atoms with van der Waals surface area (Å²) in [6, 6.07) is 9.25. The topological polar surface area (TPSA) is 90.6 Å². The first-order chi connectivity index (χ1) is 9.11. The molecule has 1 unspecified atom stereocenters. The van der Waals surface area contributed by atoms with Crippen molar-refractivity contribution in [1.29, 1.82) is 0 Å². The van der Waals surface area contributed by atoms with E-state index in [0.717, 1.165) is 5.56 Å². The van der Waals surface area contributed by atoms with Crippen LogP contribution in [-0.4, -0.2) is 24.8 Å². The van der Waals surface area contributed by atoms with E-state index in [0.29, 0.717) is 0 Å². The molecule has 0 spiro atoms. The molecule has 1 amide bonds. The SMILES string of the molecule is CCOC(=O)CC(N)NC(=O)OCc1ccccc1. The Hall–Kier alpha value is -2.08. The van der Waals surface area contributed by atoms with Gasteiger partial charge in [-0.2, -0.15) is 0 Å². The maximum Gasteiger partial charge on any atom is 0.408 e. The molecule has 6 heteroatoms. The number of nitrogens with two attached hydrogens (primary N) is 1. The molecule has 0 bridgehead atoms. The van der Waals surface area contributed by atoms with Crippen LogP contribution in [0.2, 0.25) is 0 Å². The van der Waals surface area contributed by atoms with Gasteiger partial charge in [-0.1, -0.05) is 30.3 Å².